The van der Waals surface area contributed by atoms with Gasteiger partial charge in [-0.05, 0) is 43.5 Å². The van der Waals surface area contributed by atoms with E-state index in [-0.39, 0.29) is 6.54 Å². The molecule has 1 fully saturated rings. The summed E-state index contributed by atoms with van der Waals surface area (Å²) in [6.45, 7) is 2.22. The molecule has 3 aromatic heterocycles. The summed E-state index contributed by atoms with van der Waals surface area (Å²) in [7, 11) is 0. The Hall–Kier alpha value is -4.01. The van der Waals surface area contributed by atoms with Gasteiger partial charge in [0.15, 0.2) is 5.65 Å². The Labute approximate surface area is 198 Å². The van der Waals surface area contributed by atoms with Crippen LogP contribution >= 0.6 is 0 Å². The topological polar surface area (TPSA) is 82.5 Å². The van der Waals surface area contributed by atoms with E-state index in [0.717, 1.165) is 58.1 Å². The van der Waals surface area contributed by atoms with Crippen LogP contribution in [0.5, 0.6) is 0 Å². The number of aromatic nitrogens is 5. The highest BCUT2D eigenvalue weighted by Crippen LogP contribution is 2.43. The van der Waals surface area contributed by atoms with Crippen LogP contribution < -0.4 is 5.73 Å². The first-order valence-electron chi connectivity index (χ1n) is 11.3. The zero-order chi connectivity index (χ0) is 24.3. The third-order valence-corrected chi connectivity index (χ3v) is 6.46. The second-order valence-electron chi connectivity index (χ2n) is 9.00. The predicted octanol–water partition coefficient (Wildman–Crippen LogP) is 5.88. The molecule has 0 saturated heterocycles. The van der Waals surface area contributed by atoms with Crippen molar-refractivity contribution >= 4 is 27.8 Å². The fourth-order valence-electron chi connectivity index (χ4n) is 4.58. The molecule has 0 atom stereocenters. The summed E-state index contributed by atoms with van der Waals surface area (Å²) in [6, 6.07) is 13.1. The van der Waals surface area contributed by atoms with Gasteiger partial charge in [0.05, 0.1) is 34.4 Å². The number of halogens is 3. The third kappa shape index (κ3) is 3.77. The summed E-state index contributed by atoms with van der Waals surface area (Å²) in [5, 5.41) is 6.48. The second-order valence-corrected chi connectivity index (χ2v) is 9.00. The van der Waals surface area contributed by atoms with Gasteiger partial charge >= 0.3 is 6.18 Å². The number of aryl methyl sites for hydroxylation is 1. The number of benzene rings is 2. The van der Waals surface area contributed by atoms with Gasteiger partial charge < -0.3 is 5.73 Å². The summed E-state index contributed by atoms with van der Waals surface area (Å²) in [6.07, 6.45) is -0.976. The Kier molecular flexibility index (Phi) is 4.77. The Balaban J connectivity index is 1.56. The molecule has 1 saturated carbocycles. The third-order valence-electron chi connectivity index (χ3n) is 6.46. The maximum absolute atomic E-state index is 13.5. The van der Waals surface area contributed by atoms with Gasteiger partial charge in [-0.1, -0.05) is 30.3 Å². The molecule has 0 radical (unpaired) electrons. The van der Waals surface area contributed by atoms with E-state index in [0.29, 0.717) is 28.6 Å². The first-order chi connectivity index (χ1) is 16.8. The molecule has 6 nitrogen and oxygen atoms in total. The van der Waals surface area contributed by atoms with Gasteiger partial charge in [0.25, 0.3) is 0 Å². The van der Waals surface area contributed by atoms with Crippen LogP contribution in [0.15, 0.2) is 54.9 Å². The molecule has 1 aliphatic rings. The molecular weight excluding hydrogens is 453 g/mol. The first kappa shape index (κ1) is 21.5. The average Bonchev–Trinajstić information content (AvgIpc) is 3.61. The van der Waals surface area contributed by atoms with E-state index >= 15 is 0 Å². The minimum absolute atomic E-state index is 0.280. The van der Waals surface area contributed by atoms with Crippen molar-refractivity contribution in [3.05, 3.63) is 77.2 Å². The number of hydrogen-bond acceptors (Lipinski definition) is 5. The highest BCUT2D eigenvalue weighted by molar-refractivity contribution is 5.89. The van der Waals surface area contributed by atoms with Gasteiger partial charge in [-0.2, -0.15) is 18.3 Å². The van der Waals surface area contributed by atoms with E-state index in [2.05, 4.69) is 9.97 Å². The number of fused-ring (bicyclic) bond motifs is 2. The Morgan fingerprint density at radius 1 is 1.06 bits per heavy atom. The molecule has 6 rings (SSSR count). The van der Waals surface area contributed by atoms with Gasteiger partial charge in [0, 0.05) is 22.4 Å². The summed E-state index contributed by atoms with van der Waals surface area (Å²) in [5.41, 5.74) is 10.3. The van der Waals surface area contributed by atoms with Crippen molar-refractivity contribution in [1.82, 2.24) is 24.7 Å². The van der Waals surface area contributed by atoms with E-state index < -0.39 is 11.7 Å². The molecule has 1 aliphatic carbocycles. The molecule has 2 aromatic carbocycles. The van der Waals surface area contributed by atoms with Gasteiger partial charge in [0.1, 0.15) is 12.1 Å². The van der Waals surface area contributed by atoms with Crippen LogP contribution in [0.3, 0.4) is 0 Å². The average molecular weight is 474 g/mol. The molecule has 0 spiro atoms. The van der Waals surface area contributed by atoms with E-state index in [1.54, 1.807) is 10.7 Å². The quantitative estimate of drug-likeness (QED) is 0.352. The van der Waals surface area contributed by atoms with Crippen molar-refractivity contribution in [1.29, 1.82) is 0 Å². The van der Waals surface area contributed by atoms with Crippen molar-refractivity contribution in [3.8, 4) is 11.3 Å². The lowest BCUT2D eigenvalue weighted by molar-refractivity contribution is -0.137. The molecule has 0 aliphatic heterocycles. The Morgan fingerprint density at radius 2 is 1.86 bits per heavy atom. The number of pyridine rings is 1. The van der Waals surface area contributed by atoms with Gasteiger partial charge in [0.2, 0.25) is 0 Å². The van der Waals surface area contributed by atoms with Crippen molar-refractivity contribution in [2.75, 3.05) is 5.73 Å². The van der Waals surface area contributed by atoms with Gasteiger partial charge in [-0.25, -0.2) is 19.6 Å². The zero-order valence-electron chi connectivity index (χ0n) is 18.8. The van der Waals surface area contributed by atoms with Crippen molar-refractivity contribution < 1.29 is 13.2 Å². The minimum atomic E-state index is -4.45. The highest BCUT2D eigenvalue weighted by Gasteiger charge is 2.32. The van der Waals surface area contributed by atoms with Gasteiger partial charge in [-0.15, -0.1) is 0 Å². The van der Waals surface area contributed by atoms with Crippen LogP contribution in [0.2, 0.25) is 0 Å². The molecule has 5 aromatic rings. The smallest absolute Gasteiger partial charge is 0.383 e. The fourth-order valence-corrected chi connectivity index (χ4v) is 4.58. The summed E-state index contributed by atoms with van der Waals surface area (Å²) in [5.74, 6) is 0.709. The zero-order valence-corrected chi connectivity index (χ0v) is 18.8. The standard InChI is InChI=1S/C26H21F3N6/c1-14-4-2-5-16-10-18(22(33-21(14)16)17-6-3-7-19(11-17)26(27,28)29)12-35-25-20(24(30)31-13-32-25)23(34-35)15-8-9-15/h2-7,10-11,13,15H,8-9,12H2,1H3,(H2,30,31,32). The number of rotatable bonds is 4. The lowest BCUT2D eigenvalue weighted by Gasteiger charge is -2.14. The molecular formula is C26H21F3N6. The van der Waals surface area contributed by atoms with Crippen molar-refractivity contribution in [3.63, 3.8) is 0 Å². The SMILES string of the molecule is Cc1cccc2cc(Cn3nc(C4CC4)c4c(N)ncnc43)c(-c3cccc(C(F)(F)F)c3)nc12. The van der Waals surface area contributed by atoms with Crippen LogP contribution in [-0.4, -0.2) is 24.7 Å². The van der Waals surface area contributed by atoms with E-state index in [1.807, 2.05) is 31.2 Å². The number of nitrogens with zero attached hydrogens (tertiary/aromatic N) is 5. The number of anilines is 1. The number of para-hydroxylation sites is 1. The molecule has 0 unspecified atom stereocenters. The molecule has 0 bridgehead atoms. The first-order valence-corrected chi connectivity index (χ1v) is 11.3. The predicted molar refractivity (Wildman–Crippen MR) is 128 cm³/mol. The minimum Gasteiger partial charge on any atom is -0.383 e. The molecule has 0 amide bonds. The monoisotopic (exact) mass is 474 g/mol. The largest absolute Gasteiger partial charge is 0.416 e. The highest BCUT2D eigenvalue weighted by atomic mass is 19.4. The van der Waals surface area contributed by atoms with Crippen LogP contribution in [0.4, 0.5) is 19.0 Å². The molecule has 9 heteroatoms. The number of alkyl halides is 3. The molecule has 2 N–H and O–H groups in total. The second kappa shape index (κ2) is 7.76. The molecule has 35 heavy (non-hydrogen) atoms. The maximum atomic E-state index is 13.5. The summed E-state index contributed by atoms with van der Waals surface area (Å²) < 4.78 is 42.2. The van der Waals surface area contributed by atoms with Gasteiger partial charge in [-0.3, -0.25) is 0 Å². The number of hydrogen-bond donors (Lipinski definition) is 1. The fraction of sp³-hybridized carbons (Fsp3) is 0.231. The molecule has 3 heterocycles. The maximum Gasteiger partial charge on any atom is 0.416 e. The van der Waals surface area contributed by atoms with Crippen LogP contribution in [0.25, 0.3) is 33.2 Å². The lowest BCUT2D eigenvalue weighted by atomic mass is 10.00. The summed E-state index contributed by atoms with van der Waals surface area (Å²) >= 11 is 0. The van der Waals surface area contributed by atoms with Crippen molar-refractivity contribution in [2.24, 2.45) is 0 Å². The van der Waals surface area contributed by atoms with E-state index in [4.69, 9.17) is 15.8 Å². The van der Waals surface area contributed by atoms with E-state index in [1.165, 1.54) is 12.4 Å². The molecule has 176 valence electrons. The van der Waals surface area contributed by atoms with Crippen LogP contribution in [0, 0.1) is 6.92 Å². The number of nitrogen functional groups attached to an aromatic ring is 1. The van der Waals surface area contributed by atoms with Crippen molar-refractivity contribution in [2.45, 2.75) is 38.4 Å². The Morgan fingerprint density at radius 3 is 2.63 bits per heavy atom. The van der Waals surface area contributed by atoms with Crippen LogP contribution in [-0.2, 0) is 12.7 Å². The van der Waals surface area contributed by atoms with E-state index in [9.17, 15) is 13.2 Å². The lowest BCUT2D eigenvalue weighted by Crippen LogP contribution is -2.08. The Bertz CT molecular complexity index is 1600. The van der Waals surface area contributed by atoms with Crippen LogP contribution in [0.1, 0.15) is 41.1 Å². The number of nitrogens with two attached hydrogens (primary N) is 1. The summed E-state index contributed by atoms with van der Waals surface area (Å²) in [4.78, 5) is 13.4. The normalized spacial score (nSPS) is 14.2.